The summed E-state index contributed by atoms with van der Waals surface area (Å²) in [5.41, 5.74) is 3.75. The van der Waals surface area contributed by atoms with Crippen LogP contribution >= 0.6 is 0 Å². The Morgan fingerprint density at radius 2 is 1.90 bits per heavy atom. The normalized spacial score (nSPS) is 18.0. The molecule has 160 valence electrons. The van der Waals surface area contributed by atoms with Crippen molar-refractivity contribution in [3.05, 3.63) is 59.7 Å². The third kappa shape index (κ3) is 4.23. The van der Waals surface area contributed by atoms with Crippen molar-refractivity contribution in [1.82, 2.24) is 25.1 Å². The van der Waals surface area contributed by atoms with Crippen molar-refractivity contribution in [1.29, 1.82) is 0 Å². The number of aromatic nitrogens is 4. The van der Waals surface area contributed by atoms with Gasteiger partial charge in [-0.05, 0) is 43.5 Å². The van der Waals surface area contributed by atoms with E-state index in [0.717, 1.165) is 47.8 Å². The van der Waals surface area contributed by atoms with Crippen molar-refractivity contribution in [3.63, 3.8) is 0 Å². The molecule has 0 aromatic carbocycles. The van der Waals surface area contributed by atoms with Gasteiger partial charge in [-0.15, -0.1) is 13.2 Å². The Kier molecular flexibility index (Phi) is 4.64. The number of halogens is 3. The molecule has 1 amide bonds. The minimum absolute atomic E-state index is 0.0376. The second kappa shape index (κ2) is 7.36. The lowest BCUT2D eigenvalue weighted by Gasteiger charge is -2.13. The molecular formula is C21H18F3N5O2. The number of carbonyl (C=O) groups is 1. The number of hydrogen-bond acceptors (Lipinski definition) is 5. The zero-order valence-corrected chi connectivity index (χ0v) is 16.3. The molecule has 10 heteroatoms. The molecule has 0 saturated heterocycles. The molecule has 1 aliphatic heterocycles. The second-order valence-corrected chi connectivity index (χ2v) is 7.67. The molecule has 1 fully saturated rings. The van der Waals surface area contributed by atoms with E-state index >= 15 is 0 Å². The highest BCUT2D eigenvalue weighted by molar-refractivity contribution is 5.94. The summed E-state index contributed by atoms with van der Waals surface area (Å²) in [5, 5.41) is 7.52. The number of ether oxygens (including phenoxy) is 1. The van der Waals surface area contributed by atoms with E-state index in [2.05, 4.69) is 31.2 Å². The zero-order chi connectivity index (χ0) is 21.6. The predicted molar refractivity (Wildman–Crippen MR) is 103 cm³/mol. The highest BCUT2D eigenvalue weighted by atomic mass is 19.4. The molecule has 7 nitrogen and oxygen atoms in total. The van der Waals surface area contributed by atoms with Crippen LogP contribution in [0.3, 0.4) is 0 Å². The molecule has 1 atom stereocenters. The van der Waals surface area contributed by atoms with E-state index in [4.69, 9.17) is 0 Å². The number of aryl methyl sites for hydroxylation is 1. The van der Waals surface area contributed by atoms with Gasteiger partial charge in [0.2, 0.25) is 5.88 Å². The fourth-order valence-corrected chi connectivity index (χ4v) is 3.75. The average molecular weight is 429 g/mol. The molecule has 3 aromatic rings. The quantitative estimate of drug-likeness (QED) is 0.663. The fraction of sp³-hybridized carbons (Fsp3) is 0.333. The summed E-state index contributed by atoms with van der Waals surface area (Å²) in [6.07, 6.45) is 0.992. The Bertz CT molecular complexity index is 1140. The number of nitrogens with one attached hydrogen (secondary N) is 1. The van der Waals surface area contributed by atoms with Crippen LogP contribution in [0.15, 0.2) is 42.7 Å². The van der Waals surface area contributed by atoms with Crippen LogP contribution in [0.25, 0.3) is 11.3 Å². The molecule has 1 aliphatic carbocycles. The number of pyridine rings is 2. The summed E-state index contributed by atoms with van der Waals surface area (Å²) >= 11 is 0. The molecule has 0 unspecified atom stereocenters. The van der Waals surface area contributed by atoms with E-state index < -0.39 is 18.1 Å². The van der Waals surface area contributed by atoms with Crippen LogP contribution in [0.2, 0.25) is 0 Å². The standard InChI is InChI=1S/C21H18F3N5O2/c22-21(23,24)31-19-10-14(4-7-26-19)20(30)27-15-5-8-29-18(15)11-17(28-29)13-3-6-25-16(9-13)12-1-2-12/h3-4,6-7,9-12,15H,1-2,5,8H2,(H,27,30)/t15-/m0/s1. The predicted octanol–water partition coefficient (Wildman–Crippen LogP) is 3.99. The first kappa shape index (κ1) is 19.5. The summed E-state index contributed by atoms with van der Waals surface area (Å²) in [6.45, 7) is 0.639. The topological polar surface area (TPSA) is 81.9 Å². The highest BCUT2D eigenvalue weighted by Gasteiger charge is 2.32. The van der Waals surface area contributed by atoms with Crippen LogP contribution in [-0.2, 0) is 6.54 Å². The molecule has 0 spiro atoms. The van der Waals surface area contributed by atoms with Gasteiger partial charge in [0.05, 0.1) is 17.4 Å². The summed E-state index contributed by atoms with van der Waals surface area (Å²) in [6, 6.07) is 7.93. The summed E-state index contributed by atoms with van der Waals surface area (Å²) in [5.74, 6) is -0.647. The lowest BCUT2D eigenvalue weighted by atomic mass is 10.1. The second-order valence-electron chi connectivity index (χ2n) is 7.67. The van der Waals surface area contributed by atoms with E-state index in [1.165, 1.54) is 6.07 Å². The summed E-state index contributed by atoms with van der Waals surface area (Å²) in [7, 11) is 0. The maximum atomic E-state index is 12.6. The Labute approximate surface area is 175 Å². The van der Waals surface area contributed by atoms with Crippen LogP contribution in [0.4, 0.5) is 13.2 Å². The molecule has 4 heterocycles. The largest absolute Gasteiger partial charge is 0.574 e. The molecule has 3 aromatic heterocycles. The van der Waals surface area contributed by atoms with Gasteiger partial charge in [-0.2, -0.15) is 5.10 Å². The Morgan fingerprint density at radius 1 is 1.10 bits per heavy atom. The fourth-order valence-electron chi connectivity index (χ4n) is 3.75. The minimum atomic E-state index is -4.87. The van der Waals surface area contributed by atoms with E-state index in [9.17, 15) is 18.0 Å². The van der Waals surface area contributed by atoms with Gasteiger partial charge < -0.3 is 10.1 Å². The number of hydrogen-bond donors (Lipinski definition) is 1. The van der Waals surface area contributed by atoms with Gasteiger partial charge in [-0.3, -0.25) is 14.5 Å². The molecule has 1 saturated carbocycles. The van der Waals surface area contributed by atoms with Gasteiger partial charge >= 0.3 is 6.36 Å². The van der Waals surface area contributed by atoms with Gasteiger partial charge in [0.15, 0.2) is 0 Å². The van der Waals surface area contributed by atoms with Crippen molar-refractivity contribution in [2.24, 2.45) is 0 Å². The van der Waals surface area contributed by atoms with Crippen LogP contribution in [0.5, 0.6) is 5.88 Å². The summed E-state index contributed by atoms with van der Waals surface area (Å²) in [4.78, 5) is 20.5. The lowest BCUT2D eigenvalue weighted by molar-refractivity contribution is -0.276. The van der Waals surface area contributed by atoms with Crippen molar-refractivity contribution in [2.45, 2.75) is 44.1 Å². The Balaban J connectivity index is 1.32. The van der Waals surface area contributed by atoms with Gasteiger partial charge in [0.25, 0.3) is 5.91 Å². The molecular weight excluding hydrogens is 411 g/mol. The third-order valence-corrected chi connectivity index (χ3v) is 5.39. The monoisotopic (exact) mass is 429 g/mol. The highest BCUT2D eigenvalue weighted by Crippen LogP contribution is 2.40. The smallest absolute Gasteiger partial charge is 0.388 e. The van der Waals surface area contributed by atoms with E-state index in [0.29, 0.717) is 18.9 Å². The van der Waals surface area contributed by atoms with Crippen LogP contribution in [0, 0.1) is 0 Å². The van der Waals surface area contributed by atoms with E-state index in [-0.39, 0.29) is 11.6 Å². The maximum absolute atomic E-state index is 12.6. The molecule has 0 radical (unpaired) electrons. The first-order valence-corrected chi connectivity index (χ1v) is 9.92. The van der Waals surface area contributed by atoms with Crippen molar-refractivity contribution in [3.8, 4) is 17.1 Å². The number of amides is 1. The van der Waals surface area contributed by atoms with Crippen molar-refractivity contribution < 1.29 is 22.7 Å². The van der Waals surface area contributed by atoms with Crippen molar-refractivity contribution >= 4 is 5.91 Å². The summed E-state index contributed by atoms with van der Waals surface area (Å²) < 4.78 is 42.9. The Morgan fingerprint density at radius 3 is 2.68 bits per heavy atom. The average Bonchev–Trinajstić information content (AvgIpc) is 3.39. The maximum Gasteiger partial charge on any atom is 0.574 e. The van der Waals surface area contributed by atoms with Gasteiger partial charge in [0.1, 0.15) is 0 Å². The SMILES string of the molecule is O=C(N[C@H]1CCn2nc(-c3ccnc(C4CC4)c3)cc21)c1ccnc(OC(F)(F)F)c1. The molecule has 2 aliphatic rings. The number of carbonyl (C=O) groups excluding carboxylic acids is 1. The number of fused-ring (bicyclic) bond motifs is 1. The molecule has 5 rings (SSSR count). The van der Waals surface area contributed by atoms with Crippen molar-refractivity contribution in [2.75, 3.05) is 0 Å². The molecule has 31 heavy (non-hydrogen) atoms. The van der Waals surface area contributed by atoms with Gasteiger partial charge in [-0.1, -0.05) is 0 Å². The first-order valence-electron chi connectivity index (χ1n) is 9.92. The minimum Gasteiger partial charge on any atom is -0.388 e. The number of alkyl halides is 3. The van der Waals surface area contributed by atoms with Gasteiger partial charge in [-0.25, -0.2) is 4.98 Å². The van der Waals surface area contributed by atoms with Crippen LogP contribution in [-0.4, -0.2) is 32.0 Å². The molecule has 0 bridgehead atoms. The zero-order valence-electron chi connectivity index (χ0n) is 16.3. The molecule has 1 N–H and O–H groups in total. The van der Waals surface area contributed by atoms with Crippen LogP contribution in [0.1, 0.15) is 53.0 Å². The lowest BCUT2D eigenvalue weighted by Crippen LogP contribution is -2.27. The third-order valence-electron chi connectivity index (χ3n) is 5.39. The number of nitrogens with zero attached hydrogens (tertiary/aromatic N) is 4. The Hall–Kier alpha value is -3.43. The van der Waals surface area contributed by atoms with E-state index in [1.54, 1.807) is 6.20 Å². The van der Waals surface area contributed by atoms with Gasteiger partial charge in [0, 0.05) is 47.7 Å². The first-order chi connectivity index (χ1) is 14.9. The van der Waals surface area contributed by atoms with Crippen LogP contribution < -0.4 is 10.1 Å². The van der Waals surface area contributed by atoms with E-state index in [1.807, 2.05) is 16.8 Å². The number of rotatable bonds is 5.